The van der Waals surface area contributed by atoms with Crippen molar-refractivity contribution in [1.82, 2.24) is 14.5 Å². The van der Waals surface area contributed by atoms with Crippen LogP contribution in [0.4, 0.5) is 4.39 Å². The molecule has 0 amide bonds. The molecule has 1 fully saturated rings. The summed E-state index contributed by atoms with van der Waals surface area (Å²) in [6.45, 7) is 3.65. The third-order valence-corrected chi connectivity index (χ3v) is 7.67. The first-order valence-electron chi connectivity index (χ1n) is 13.4. The Morgan fingerprint density at radius 2 is 2.10 bits per heavy atom. The molecule has 6 rings (SSSR count). The summed E-state index contributed by atoms with van der Waals surface area (Å²) in [5, 5.41) is 9.00. The number of hydrogen-bond acceptors (Lipinski definition) is 7. The topological polar surface area (TPSA) is 89.6 Å². The Morgan fingerprint density at radius 1 is 1.23 bits per heavy atom. The third kappa shape index (κ3) is 5.16. The van der Waals surface area contributed by atoms with Crippen LogP contribution < -0.4 is 4.74 Å². The largest absolute Gasteiger partial charge is 0.488 e. The number of halogens is 1. The number of aromatic nitrogens is 2. The Labute approximate surface area is 231 Å². The third-order valence-electron chi connectivity index (χ3n) is 7.67. The van der Waals surface area contributed by atoms with Gasteiger partial charge in [0.05, 0.1) is 54.5 Å². The molecule has 1 aromatic heterocycles. The summed E-state index contributed by atoms with van der Waals surface area (Å²) >= 11 is 0. The maximum atomic E-state index is 14.4. The number of ether oxygens (including phenoxy) is 3. The molecule has 9 heteroatoms. The van der Waals surface area contributed by atoms with Crippen molar-refractivity contribution < 1.29 is 23.4 Å². The first kappa shape index (κ1) is 26.0. The molecule has 3 aromatic carbocycles. The fourth-order valence-corrected chi connectivity index (χ4v) is 5.34. The van der Waals surface area contributed by atoms with Crippen LogP contribution in [0, 0.1) is 17.1 Å². The summed E-state index contributed by atoms with van der Waals surface area (Å²) in [4.78, 5) is 19.5. The van der Waals surface area contributed by atoms with E-state index in [1.165, 1.54) is 18.7 Å². The van der Waals surface area contributed by atoms with Gasteiger partial charge < -0.3 is 18.8 Å². The molecule has 0 bridgehead atoms. The molecule has 2 aliphatic heterocycles. The van der Waals surface area contributed by atoms with Gasteiger partial charge in [-0.25, -0.2) is 14.2 Å². The van der Waals surface area contributed by atoms with Crippen LogP contribution in [-0.4, -0.2) is 46.8 Å². The van der Waals surface area contributed by atoms with Crippen molar-refractivity contribution in [2.24, 2.45) is 0 Å². The van der Waals surface area contributed by atoms with Crippen molar-refractivity contribution in [3.8, 4) is 11.8 Å². The second-order valence-corrected chi connectivity index (χ2v) is 10.2. The van der Waals surface area contributed by atoms with Gasteiger partial charge in [-0.2, -0.15) is 5.26 Å². The van der Waals surface area contributed by atoms with Crippen LogP contribution in [0.15, 0.2) is 54.6 Å². The Hall–Kier alpha value is -4.26. The molecule has 1 unspecified atom stereocenters. The first-order valence-corrected chi connectivity index (χ1v) is 13.4. The summed E-state index contributed by atoms with van der Waals surface area (Å²) in [5.74, 6) is 0.811. The fraction of sp³-hybridized carbons (Fsp3) is 0.323. The Kier molecular flexibility index (Phi) is 7.20. The standard InChI is InChI=1S/C31H29FN4O4/c1-38-31(37)22-7-8-27-28(14-22)36(16-24-10-12-39-24)30(34-27)18-35-11-9-21-3-2-4-29(25(21)17-35)40-19-23-6-5-20(15-33)13-26(23)32/h2-8,13-14,24H,9-12,16-19H2,1H3. The van der Waals surface area contributed by atoms with E-state index in [0.717, 1.165) is 54.2 Å². The molecule has 0 saturated carbocycles. The van der Waals surface area contributed by atoms with E-state index in [2.05, 4.69) is 15.5 Å². The van der Waals surface area contributed by atoms with Gasteiger partial charge in [-0.15, -0.1) is 0 Å². The lowest BCUT2D eigenvalue weighted by atomic mass is 9.98. The van der Waals surface area contributed by atoms with Gasteiger partial charge in [0.2, 0.25) is 0 Å². The predicted molar refractivity (Wildman–Crippen MR) is 145 cm³/mol. The van der Waals surface area contributed by atoms with Crippen LogP contribution in [0.5, 0.6) is 5.75 Å². The summed E-state index contributed by atoms with van der Waals surface area (Å²) < 4.78 is 33.4. The zero-order valence-corrected chi connectivity index (χ0v) is 22.2. The average molecular weight is 541 g/mol. The predicted octanol–water partition coefficient (Wildman–Crippen LogP) is 4.76. The van der Waals surface area contributed by atoms with Gasteiger partial charge in [0.25, 0.3) is 0 Å². The molecule has 1 saturated heterocycles. The van der Waals surface area contributed by atoms with Crippen molar-refractivity contribution >= 4 is 17.0 Å². The molecule has 2 aliphatic rings. The quantitative estimate of drug-likeness (QED) is 0.298. The molecule has 0 aliphatic carbocycles. The van der Waals surface area contributed by atoms with Crippen molar-refractivity contribution in [2.75, 3.05) is 20.3 Å². The lowest BCUT2D eigenvalue weighted by Crippen LogP contribution is -2.34. The van der Waals surface area contributed by atoms with E-state index in [0.29, 0.717) is 30.8 Å². The van der Waals surface area contributed by atoms with E-state index < -0.39 is 5.82 Å². The molecule has 1 atom stereocenters. The highest BCUT2D eigenvalue weighted by atomic mass is 19.1. The molecule has 8 nitrogen and oxygen atoms in total. The van der Waals surface area contributed by atoms with E-state index in [-0.39, 0.29) is 24.2 Å². The molecule has 4 aromatic rings. The summed E-state index contributed by atoms with van der Waals surface area (Å²) in [6, 6.07) is 17.8. The first-order chi connectivity index (χ1) is 19.5. The number of nitrogens with zero attached hydrogens (tertiary/aromatic N) is 4. The summed E-state index contributed by atoms with van der Waals surface area (Å²) in [7, 11) is 1.38. The molecule has 0 N–H and O–H groups in total. The van der Waals surface area contributed by atoms with E-state index >= 15 is 0 Å². The molecular weight excluding hydrogens is 511 g/mol. The SMILES string of the molecule is COC(=O)c1ccc2nc(CN3CCc4cccc(OCc5ccc(C#N)cc5F)c4C3)n(CC3CCO3)c2c1. The molecular formula is C31H29FN4O4. The second kappa shape index (κ2) is 11.1. The van der Waals surface area contributed by atoms with Gasteiger partial charge in [0.1, 0.15) is 24.0 Å². The number of hydrogen-bond donors (Lipinski definition) is 0. The van der Waals surface area contributed by atoms with Gasteiger partial charge in [0.15, 0.2) is 0 Å². The van der Waals surface area contributed by atoms with E-state index in [4.69, 9.17) is 24.5 Å². The van der Waals surface area contributed by atoms with Crippen molar-refractivity contribution in [3.05, 3.63) is 94.1 Å². The van der Waals surface area contributed by atoms with E-state index in [1.54, 1.807) is 18.2 Å². The number of carbonyl (C=O) groups excluding carboxylic acids is 1. The molecule has 0 spiro atoms. The van der Waals surface area contributed by atoms with Crippen molar-refractivity contribution in [1.29, 1.82) is 5.26 Å². The number of carbonyl (C=O) groups is 1. The normalized spacial score (nSPS) is 16.7. The number of benzene rings is 3. The van der Waals surface area contributed by atoms with Crippen molar-refractivity contribution in [2.45, 2.75) is 45.2 Å². The van der Waals surface area contributed by atoms with E-state index in [9.17, 15) is 9.18 Å². The second-order valence-electron chi connectivity index (χ2n) is 10.2. The Morgan fingerprint density at radius 3 is 2.85 bits per heavy atom. The van der Waals surface area contributed by atoms with Gasteiger partial charge >= 0.3 is 5.97 Å². The van der Waals surface area contributed by atoms with Gasteiger partial charge in [-0.05, 0) is 54.8 Å². The number of esters is 1. The Balaban J connectivity index is 1.24. The maximum absolute atomic E-state index is 14.4. The van der Waals surface area contributed by atoms with E-state index in [1.807, 2.05) is 30.3 Å². The highest BCUT2D eigenvalue weighted by molar-refractivity contribution is 5.93. The highest BCUT2D eigenvalue weighted by Crippen LogP contribution is 2.31. The maximum Gasteiger partial charge on any atom is 0.337 e. The molecule has 0 radical (unpaired) electrons. The molecule has 40 heavy (non-hydrogen) atoms. The van der Waals surface area contributed by atoms with Crippen LogP contribution in [-0.2, 0) is 42.1 Å². The van der Waals surface area contributed by atoms with Crippen molar-refractivity contribution in [3.63, 3.8) is 0 Å². The smallest absolute Gasteiger partial charge is 0.337 e. The molecule has 204 valence electrons. The number of nitriles is 1. The number of imidazole rings is 1. The van der Waals surface area contributed by atoms with Gasteiger partial charge in [0, 0.05) is 30.8 Å². The van der Waals surface area contributed by atoms with Crippen LogP contribution >= 0.6 is 0 Å². The van der Waals surface area contributed by atoms with Crippen LogP contribution in [0.2, 0.25) is 0 Å². The minimum atomic E-state index is -0.449. The fourth-order valence-electron chi connectivity index (χ4n) is 5.34. The minimum Gasteiger partial charge on any atom is -0.488 e. The minimum absolute atomic E-state index is 0.0771. The zero-order chi connectivity index (χ0) is 27.6. The highest BCUT2D eigenvalue weighted by Gasteiger charge is 2.25. The van der Waals surface area contributed by atoms with Crippen LogP contribution in [0.1, 0.15) is 44.9 Å². The number of rotatable bonds is 8. The van der Waals surface area contributed by atoms with Gasteiger partial charge in [-0.3, -0.25) is 4.90 Å². The number of fused-ring (bicyclic) bond motifs is 2. The summed E-state index contributed by atoms with van der Waals surface area (Å²) in [6.07, 6.45) is 1.98. The van der Waals surface area contributed by atoms with Crippen LogP contribution in [0.3, 0.4) is 0 Å². The lowest BCUT2D eigenvalue weighted by Gasteiger charge is -2.31. The lowest BCUT2D eigenvalue weighted by molar-refractivity contribution is -0.0592. The summed E-state index contributed by atoms with van der Waals surface area (Å²) in [5.41, 5.74) is 5.19. The number of methoxy groups -OCH3 is 1. The van der Waals surface area contributed by atoms with Gasteiger partial charge in [-0.1, -0.05) is 18.2 Å². The van der Waals surface area contributed by atoms with Crippen LogP contribution in [0.25, 0.3) is 11.0 Å². The molecule has 3 heterocycles. The monoisotopic (exact) mass is 540 g/mol. The average Bonchev–Trinajstić information content (AvgIpc) is 3.29. The zero-order valence-electron chi connectivity index (χ0n) is 22.2. The Bertz CT molecular complexity index is 1620.